The Morgan fingerprint density at radius 2 is 2.40 bits per heavy atom. The van der Waals surface area contributed by atoms with Gasteiger partial charge >= 0.3 is 0 Å². The molecule has 10 heavy (non-hydrogen) atoms. The molecule has 1 aliphatic rings. The van der Waals surface area contributed by atoms with Crippen molar-refractivity contribution in [2.75, 3.05) is 0 Å². The van der Waals surface area contributed by atoms with Crippen LogP contribution >= 0.6 is 0 Å². The van der Waals surface area contributed by atoms with Gasteiger partial charge in [-0.15, -0.1) is 0 Å². The van der Waals surface area contributed by atoms with E-state index < -0.39 is 0 Å². The van der Waals surface area contributed by atoms with Gasteiger partial charge in [0.25, 0.3) is 0 Å². The summed E-state index contributed by atoms with van der Waals surface area (Å²) in [6.07, 6.45) is 9.64. The minimum absolute atomic E-state index is 0.514. The summed E-state index contributed by atoms with van der Waals surface area (Å²) < 4.78 is 0. The van der Waals surface area contributed by atoms with E-state index in [0.717, 1.165) is 18.4 Å². The molecule has 1 rings (SSSR count). The summed E-state index contributed by atoms with van der Waals surface area (Å²) in [6.45, 7) is 1.95. The average Bonchev–Trinajstić information content (AvgIpc) is 1.94. The molecule has 0 radical (unpaired) electrons. The summed E-state index contributed by atoms with van der Waals surface area (Å²) in [6, 6.07) is 0. The molecule has 0 fully saturated rings. The molecule has 0 aliphatic heterocycles. The zero-order valence-corrected chi connectivity index (χ0v) is 6.17. The molecule has 0 saturated carbocycles. The third kappa shape index (κ3) is 1.50. The highest BCUT2D eigenvalue weighted by atomic mass is 16.3. The van der Waals surface area contributed by atoms with Gasteiger partial charge in [0.15, 0.2) is 0 Å². The monoisotopic (exact) mass is 136 g/mol. The zero-order valence-electron chi connectivity index (χ0n) is 6.17. The van der Waals surface area contributed by atoms with Gasteiger partial charge in [-0.2, -0.15) is 0 Å². The van der Waals surface area contributed by atoms with E-state index in [-0.39, 0.29) is 0 Å². The van der Waals surface area contributed by atoms with Crippen LogP contribution in [0.4, 0.5) is 0 Å². The number of hydrogen-bond acceptors (Lipinski definition) is 1. The molecule has 54 valence electrons. The quantitative estimate of drug-likeness (QED) is 0.587. The standard InChI is InChI=1S/C9H12O/c1-2-5-8-6-3-4-7-9(8)10/h2-3,5-6,10H,4,7H2,1H3/b5-2-. The molecule has 0 aromatic carbocycles. The maximum atomic E-state index is 9.28. The van der Waals surface area contributed by atoms with Gasteiger partial charge in [-0.05, 0) is 13.3 Å². The van der Waals surface area contributed by atoms with Crippen LogP contribution in [0.25, 0.3) is 0 Å². The van der Waals surface area contributed by atoms with Gasteiger partial charge in [0.1, 0.15) is 0 Å². The molecule has 0 amide bonds. The first-order chi connectivity index (χ1) is 4.84. The van der Waals surface area contributed by atoms with Crippen LogP contribution in [0.3, 0.4) is 0 Å². The summed E-state index contributed by atoms with van der Waals surface area (Å²) in [5.41, 5.74) is 0.953. The molecule has 1 aliphatic carbocycles. The lowest BCUT2D eigenvalue weighted by molar-refractivity contribution is 0.383. The van der Waals surface area contributed by atoms with Crippen LogP contribution in [-0.4, -0.2) is 5.11 Å². The summed E-state index contributed by atoms with van der Waals surface area (Å²) in [7, 11) is 0. The average molecular weight is 136 g/mol. The van der Waals surface area contributed by atoms with E-state index in [9.17, 15) is 5.11 Å². The first kappa shape index (κ1) is 7.13. The van der Waals surface area contributed by atoms with Gasteiger partial charge < -0.3 is 5.11 Å². The fraction of sp³-hybridized carbons (Fsp3) is 0.333. The van der Waals surface area contributed by atoms with Gasteiger partial charge in [0.2, 0.25) is 0 Å². The molecule has 0 heterocycles. The van der Waals surface area contributed by atoms with E-state index in [1.165, 1.54) is 0 Å². The largest absolute Gasteiger partial charge is 0.512 e. The van der Waals surface area contributed by atoms with Crippen LogP contribution in [0.1, 0.15) is 19.8 Å². The molecule has 1 N–H and O–H groups in total. The van der Waals surface area contributed by atoms with Crippen LogP contribution in [0.5, 0.6) is 0 Å². The van der Waals surface area contributed by atoms with Crippen molar-refractivity contribution in [3.63, 3.8) is 0 Å². The van der Waals surface area contributed by atoms with Crippen LogP contribution in [-0.2, 0) is 0 Å². The van der Waals surface area contributed by atoms with Crippen molar-refractivity contribution in [2.45, 2.75) is 19.8 Å². The van der Waals surface area contributed by atoms with Gasteiger partial charge in [-0.1, -0.05) is 24.3 Å². The van der Waals surface area contributed by atoms with Crippen LogP contribution in [0, 0.1) is 0 Å². The second-order valence-electron chi connectivity index (χ2n) is 2.34. The molecule has 0 atom stereocenters. The van der Waals surface area contributed by atoms with E-state index in [2.05, 4.69) is 6.08 Å². The highest BCUT2D eigenvalue weighted by Gasteiger charge is 2.01. The third-order valence-corrected chi connectivity index (χ3v) is 1.52. The zero-order chi connectivity index (χ0) is 7.40. The lowest BCUT2D eigenvalue weighted by Gasteiger charge is -2.05. The fourth-order valence-electron chi connectivity index (χ4n) is 1.00. The smallest absolute Gasteiger partial charge is 0.0997 e. The first-order valence-corrected chi connectivity index (χ1v) is 3.56. The number of rotatable bonds is 1. The summed E-state index contributed by atoms with van der Waals surface area (Å²) in [5.74, 6) is 0.514. The second-order valence-corrected chi connectivity index (χ2v) is 2.34. The highest BCUT2D eigenvalue weighted by Crippen LogP contribution is 2.16. The Hall–Kier alpha value is -0.980. The molecule has 0 saturated heterocycles. The van der Waals surface area contributed by atoms with Crippen molar-refractivity contribution >= 4 is 0 Å². The summed E-state index contributed by atoms with van der Waals surface area (Å²) in [4.78, 5) is 0. The fourth-order valence-corrected chi connectivity index (χ4v) is 1.00. The van der Waals surface area contributed by atoms with Gasteiger partial charge in [-0.3, -0.25) is 0 Å². The lowest BCUT2D eigenvalue weighted by Crippen LogP contribution is -1.90. The Morgan fingerprint density at radius 3 is 3.00 bits per heavy atom. The first-order valence-electron chi connectivity index (χ1n) is 3.56. The Labute approximate surface area is 61.4 Å². The summed E-state index contributed by atoms with van der Waals surface area (Å²) in [5, 5.41) is 9.28. The predicted molar refractivity (Wildman–Crippen MR) is 42.8 cm³/mol. The maximum Gasteiger partial charge on any atom is 0.0997 e. The second kappa shape index (κ2) is 3.25. The van der Waals surface area contributed by atoms with Crippen molar-refractivity contribution in [2.24, 2.45) is 0 Å². The van der Waals surface area contributed by atoms with Gasteiger partial charge in [0.05, 0.1) is 5.76 Å². The molecule has 1 nitrogen and oxygen atoms in total. The van der Waals surface area contributed by atoms with Crippen LogP contribution in [0.15, 0.2) is 35.6 Å². The van der Waals surface area contributed by atoms with Crippen LogP contribution < -0.4 is 0 Å². The Balaban J connectivity index is 2.79. The van der Waals surface area contributed by atoms with E-state index in [4.69, 9.17) is 0 Å². The Morgan fingerprint density at radius 1 is 1.60 bits per heavy atom. The molecule has 1 heteroatoms. The van der Waals surface area contributed by atoms with E-state index in [1.54, 1.807) is 0 Å². The van der Waals surface area contributed by atoms with Gasteiger partial charge in [0, 0.05) is 12.0 Å². The topological polar surface area (TPSA) is 20.2 Å². The number of aliphatic hydroxyl groups excluding tert-OH is 1. The third-order valence-electron chi connectivity index (χ3n) is 1.52. The SMILES string of the molecule is C/C=C\C1=C(O)CCC=C1. The minimum Gasteiger partial charge on any atom is -0.512 e. The van der Waals surface area contributed by atoms with Crippen molar-refractivity contribution < 1.29 is 5.11 Å². The molecule has 0 spiro atoms. The maximum absolute atomic E-state index is 9.28. The summed E-state index contributed by atoms with van der Waals surface area (Å²) >= 11 is 0. The molecule has 0 unspecified atom stereocenters. The van der Waals surface area contributed by atoms with Crippen molar-refractivity contribution in [1.29, 1.82) is 0 Å². The van der Waals surface area contributed by atoms with E-state index in [0.29, 0.717) is 5.76 Å². The Bertz CT molecular complexity index is 193. The van der Waals surface area contributed by atoms with Crippen molar-refractivity contribution in [1.82, 2.24) is 0 Å². The molecule has 0 aromatic rings. The van der Waals surface area contributed by atoms with E-state index >= 15 is 0 Å². The van der Waals surface area contributed by atoms with Crippen molar-refractivity contribution in [3.8, 4) is 0 Å². The van der Waals surface area contributed by atoms with E-state index in [1.807, 2.05) is 25.2 Å². The number of allylic oxidation sites excluding steroid dienone is 6. The van der Waals surface area contributed by atoms with Gasteiger partial charge in [-0.25, -0.2) is 0 Å². The Kier molecular flexibility index (Phi) is 2.32. The highest BCUT2D eigenvalue weighted by molar-refractivity contribution is 5.35. The van der Waals surface area contributed by atoms with Crippen LogP contribution in [0.2, 0.25) is 0 Å². The lowest BCUT2D eigenvalue weighted by atomic mass is 10.1. The molecular weight excluding hydrogens is 124 g/mol. The van der Waals surface area contributed by atoms with Crippen molar-refractivity contribution in [3.05, 3.63) is 35.6 Å². The number of aliphatic hydroxyl groups is 1. The number of hydrogen-bond donors (Lipinski definition) is 1. The molecule has 0 bridgehead atoms. The minimum atomic E-state index is 0.514. The normalized spacial score (nSPS) is 18.9. The molecule has 0 aromatic heterocycles. The molecular formula is C9H12O. The predicted octanol–water partition coefficient (Wildman–Crippen LogP) is 2.72.